The van der Waals surface area contributed by atoms with Gasteiger partial charge in [0.15, 0.2) is 11.5 Å². The first-order valence-corrected chi connectivity index (χ1v) is 13.5. The fourth-order valence-electron chi connectivity index (χ4n) is 3.75. The Morgan fingerprint density at radius 2 is 1.77 bits per heavy atom. The molecule has 1 heterocycles. The van der Waals surface area contributed by atoms with Gasteiger partial charge in [0.2, 0.25) is 21.8 Å². The summed E-state index contributed by atoms with van der Waals surface area (Å²) in [7, 11) is -3.83. The molecule has 1 aliphatic heterocycles. The third-order valence-electron chi connectivity index (χ3n) is 5.81. The van der Waals surface area contributed by atoms with E-state index in [0.29, 0.717) is 31.3 Å². The highest BCUT2D eigenvalue weighted by molar-refractivity contribution is 7.92. The number of hydrogen-bond donors (Lipinski definition) is 1. The highest BCUT2D eigenvalue weighted by Gasteiger charge is 2.30. The number of nitrogens with zero attached hydrogens (tertiary/aromatic N) is 2. The summed E-state index contributed by atoms with van der Waals surface area (Å²) >= 11 is 0. The topological polar surface area (TPSA) is 105 Å². The smallest absolute Gasteiger partial charge is 0.244 e. The molecule has 2 aromatic rings. The first-order valence-electron chi connectivity index (χ1n) is 11.6. The molecule has 0 radical (unpaired) electrons. The second-order valence-electron chi connectivity index (χ2n) is 8.51. The lowest BCUT2D eigenvalue weighted by Gasteiger charge is -2.32. The number of aryl methyl sites for hydroxylation is 1. The van der Waals surface area contributed by atoms with Crippen LogP contribution in [0.3, 0.4) is 0 Å². The van der Waals surface area contributed by atoms with Gasteiger partial charge in [-0.05, 0) is 43.5 Å². The molecule has 0 unspecified atom stereocenters. The van der Waals surface area contributed by atoms with E-state index in [1.54, 1.807) is 25.1 Å². The lowest BCUT2D eigenvalue weighted by molar-refractivity contribution is -0.139. The Bertz CT molecular complexity index is 1170. The average Bonchev–Trinajstić information content (AvgIpc) is 2.83. The van der Waals surface area contributed by atoms with Crippen LogP contribution < -0.4 is 19.1 Å². The molecule has 0 saturated carbocycles. The second-order valence-corrected chi connectivity index (χ2v) is 10.4. The number of sulfonamides is 1. The van der Waals surface area contributed by atoms with E-state index < -0.39 is 28.5 Å². The molecule has 1 N–H and O–H groups in total. The van der Waals surface area contributed by atoms with E-state index in [2.05, 4.69) is 5.32 Å². The van der Waals surface area contributed by atoms with E-state index >= 15 is 0 Å². The van der Waals surface area contributed by atoms with E-state index in [1.165, 1.54) is 4.90 Å². The van der Waals surface area contributed by atoms with Gasteiger partial charge in [0, 0.05) is 19.2 Å². The Morgan fingerprint density at radius 3 is 2.43 bits per heavy atom. The highest BCUT2D eigenvalue weighted by atomic mass is 32.2. The Morgan fingerprint density at radius 1 is 1.09 bits per heavy atom. The number of anilines is 1. The van der Waals surface area contributed by atoms with Crippen LogP contribution in [0, 0.1) is 6.92 Å². The van der Waals surface area contributed by atoms with Crippen molar-refractivity contribution in [2.75, 3.05) is 36.9 Å². The number of carbonyl (C=O) groups excluding carboxylic acids is 2. The number of nitrogens with one attached hydrogen (secondary N) is 1. The van der Waals surface area contributed by atoms with Crippen molar-refractivity contribution in [2.45, 2.75) is 39.8 Å². The van der Waals surface area contributed by atoms with Crippen molar-refractivity contribution >= 4 is 27.5 Å². The summed E-state index contributed by atoms with van der Waals surface area (Å²) in [6.07, 6.45) is 1.80. The lowest BCUT2D eigenvalue weighted by Crippen LogP contribution is -2.51. The van der Waals surface area contributed by atoms with Crippen molar-refractivity contribution < 1.29 is 27.5 Å². The van der Waals surface area contributed by atoms with Crippen LogP contribution in [0.15, 0.2) is 42.5 Å². The van der Waals surface area contributed by atoms with E-state index in [4.69, 9.17) is 9.47 Å². The number of carbonyl (C=O) groups is 2. The minimum Gasteiger partial charge on any atom is -0.486 e. The van der Waals surface area contributed by atoms with E-state index in [9.17, 15) is 18.0 Å². The fraction of sp³-hybridized carbons (Fsp3) is 0.440. The molecular formula is C25H33N3O6S. The monoisotopic (exact) mass is 503 g/mol. The third kappa shape index (κ3) is 6.66. The number of ether oxygens (including phenoxy) is 2. The van der Waals surface area contributed by atoms with Crippen LogP contribution in [0.5, 0.6) is 11.5 Å². The molecule has 0 aliphatic carbocycles. The molecule has 2 amide bonds. The molecule has 190 valence electrons. The molecule has 35 heavy (non-hydrogen) atoms. The van der Waals surface area contributed by atoms with E-state index in [0.717, 1.165) is 28.1 Å². The minimum absolute atomic E-state index is 0.172. The number of hydrogen-bond acceptors (Lipinski definition) is 6. The first kappa shape index (κ1) is 26.3. The molecule has 0 aromatic heterocycles. The normalized spacial score (nSPS) is 13.6. The van der Waals surface area contributed by atoms with Gasteiger partial charge in [-0.3, -0.25) is 13.9 Å². The molecule has 1 atom stereocenters. The maximum Gasteiger partial charge on any atom is 0.244 e. The lowest BCUT2D eigenvalue weighted by atomic mass is 10.1. The Balaban J connectivity index is 1.91. The Hall–Kier alpha value is -3.27. The van der Waals surface area contributed by atoms with Crippen LogP contribution in [-0.4, -0.2) is 63.7 Å². The van der Waals surface area contributed by atoms with Crippen LogP contribution in [0.4, 0.5) is 5.69 Å². The van der Waals surface area contributed by atoms with Gasteiger partial charge >= 0.3 is 0 Å². The minimum atomic E-state index is -3.83. The molecule has 0 spiro atoms. The average molecular weight is 504 g/mol. The van der Waals surface area contributed by atoms with Crippen molar-refractivity contribution in [3.8, 4) is 11.5 Å². The number of benzene rings is 2. The zero-order chi connectivity index (χ0) is 25.6. The maximum atomic E-state index is 13.6. The Labute approximate surface area is 207 Å². The first-order chi connectivity index (χ1) is 16.6. The van der Waals surface area contributed by atoms with Crippen LogP contribution in [0.25, 0.3) is 0 Å². The van der Waals surface area contributed by atoms with Gasteiger partial charge in [-0.15, -0.1) is 0 Å². The molecule has 0 bridgehead atoms. The summed E-state index contributed by atoms with van der Waals surface area (Å²) in [6, 6.07) is 11.5. The van der Waals surface area contributed by atoms with Gasteiger partial charge < -0.3 is 19.7 Å². The zero-order valence-electron chi connectivity index (χ0n) is 20.6. The van der Waals surface area contributed by atoms with Gasteiger partial charge in [0.1, 0.15) is 25.8 Å². The molecule has 0 saturated heterocycles. The van der Waals surface area contributed by atoms with Gasteiger partial charge in [-0.2, -0.15) is 0 Å². The third-order valence-corrected chi connectivity index (χ3v) is 6.95. The quantitative estimate of drug-likeness (QED) is 0.534. The summed E-state index contributed by atoms with van der Waals surface area (Å²) < 4.78 is 37.6. The maximum absolute atomic E-state index is 13.6. The van der Waals surface area contributed by atoms with Gasteiger partial charge in [0.25, 0.3) is 0 Å². The van der Waals surface area contributed by atoms with Crippen molar-refractivity contribution in [1.82, 2.24) is 10.2 Å². The zero-order valence-corrected chi connectivity index (χ0v) is 21.4. The highest BCUT2D eigenvalue weighted by Crippen LogP contribution is 2.34. The van der Waals surface area contributed by atoms with Crippen LogP contribution >= 0.6 is 0 Å². The molecule has 0 fully saturated rings. The molecular weight excluding hydrogens is 470 g/mol. The van der Waals surface area contributed by atoms with Crippen LogP contribution in [0.2, 0.25) is 0 Å². The summed E-state index contributed by atoms with van der Waals surface area (Å²) in [5.74, 6) is 0.146. The predicted octanol–water partition coefficient (Wildman–Crippen LogP) is 2.48. The molecule has 10 heteroatoms. The second kappa shape index (κ2) is 11.4. The summed E-state index contributed by atoms with van der Waals surface area (Å²) in [5, 5.41) is 2.82. The molecule has 3 rings (SSSR count). The van der Waals surface area contributed by atoms with Gasteiger partial charge in [-0.1, -0.05) is 31.2 Å². The number of fused-ring (bicyclic) bond motifs is 1. The predicted molar refractivity (Wildman–Crippen MR) is 134 cm³/mol. The van der Waals surface area contributed by atoms with Gasteiger partial charge in [0.05, 0.1) is 11.9 Å². The fourth-order valence-corrected chi connectivity index (χ4v) is 4.59. The van der Waals surface area contributed by atoms with Crippen molar-refractivity contribution in [1.29, 1.82) is 0 Å². The van der Waals surface area contributed by atoms with Crippen molar-refractivity contribution in [3.63, 3.8) is 0 Å². The van der Waals surface area contributed by atoms with Gasteiger partial charge in [-0.25, -0.2) is 8.42 Å². The molecule has 1 aliphatic rings. The number of amides is 2. The molecule has 9 nitrogen and oxygen atoms in total. The SMILES string of the molecule is CCCNC(=O)[C@@H](C)N(Cc1ccccc1C)C(=O)CN(c1ccc2c(c1)OCCO2)S(C)(=O)=O. The summed E-state index contributed by atoms with van der Waals surface area (Å²) in [5.41, 5.74) is 2.13. The van der Waals surface area contributed by atoms with Crippen LogP contribution in [-0.2, 0) is 26.2 Å². The Kier molecular flexibility index (Phi) is 8.61. The van der Waals surface area contributed by atoms with Crippen molar-refractivity contribution in [2.24, 2.45) is 0 Å². The standard InChI is InChI=1S/C25H33N3O6S/c1-5-12-26-25(30)19(3)27(16-20-9-7-6-8-18(20)2)24(29)17-28(35(4,31)32)21-10-11-22-23(15-21)34-14-13-33-22/h6-11,15,19H,5,12-14,16-17H2,1-4H3,(H,26,30)/t19-/m1/s1. The largest absolute Gasteiger partial charge is 0.486 e. The van der Waals surface area contributed by atoms with E-state index in [-0.39, 0.29) is 18.1 Å². The number of rotatable bonds is 10. The van der Waals surface area contributed by atoms with Crippen molar-refractivity contribution in [3.05, 3.63) is 53.6 Å². The van der Waals surface area contributed by atoms with E-state index in [1.807, 2.05) is 38.1 Å². The van der Waals surface area contributed by atoms with Crippen LogP contribution in [0.1, 0.15) is 31.4 Å². The summed E-state index contributed by atoms with van der Waals surface area (Å²) in [4.78, 5) is 27.8. The molecule has 2 aromatic carbocycles. The summed E-state index contributed by atoms with van der Waals surface area (Å²) in [6.45, 7) is 6.48.